The van der Waals surface area contributed by atoms with E-state index in [1.807, 2.05) is 30.3 Å². The van der Waals surface area contributed by atoms with Crippen LogP contribution in [0.3, 0.4) is 0 Å². The molecule has 2 N–H and O–H groups in total. The van der Waals surface area contributed by atoms with Crippen LogP contribution in [0.1, 0.15) is 5.56 Å². The number of halogens is 1. The van der Waals surface area contributed by atoms with Gasteiger partial charge in [-0.25, -0.2) is 0 Å². The zero-order valence-electron chi connectivity index (χ0n) is 9.48. The highest BCUT2D eigenvalue weighted by Crippen LogP contribution is 2.31. The Bertz CT molecular complexity index is 529. The lowest BCUT2D eigenvalue weighted by Gasteiger charge is -2.11. The maximum absolute atomic E-state index is 5.95. The zero-order valence-corrected chi connectivity index (χ0v) is 10.2. The van der Waals surface area contributed by atoms with Crippen LogP contribution < -0.4 is 10.5 Å². The van der Waals surface area contributed by atoms with Gasteiger partial charge in [-0.2, -0.15) is 0 Å². The van der Waals surface area contributed by atoms with Crippen LogP contribution in [-0.2, 0) is 6.54 Å². The van der Waals surface area contributed by atoms with Gasteiger partial charge in [0, 0.05) is 23.3 Å². The van der Waals surface area contributed by atoms with E-state index < -0.39 is 0 Å². The minimum absolute atomic E-state index is 0.412. The first-order valence-corrected chi connectivity index (χ1v) is 5.62. The number of rotatable bonds is 3. The Morgan fingerprint density at radius 2 is 2.18 bits per heavy atom. The number of pyridine rings is 1. The molecule has 17 heavy (non-hydrogen) atoms. The van der Waals surface area contributed by atoms with Gasteiger partial charge in [-0.05, 0) is 29.8 Å². The van der Waals surface area contributed by atoms with E-state index in [1.54, 1.807) is 13.3 Å². The second-order valence-electron chi connectivity index (χ2n) is 3.56. The van der Waals surface area contributed by atoms with Crippen LogP contribution in [0.25, 0.3) is 11.3 Å². The molecular weight excluding hydrogens is 236 g/mol. The topological polar surface area (TPSA) is 48.1 Å². The van der Waals surface area contributed by atoms with Crippen molar-refractivity contribution in [2.24, 2.45) is 5.73 Å². The number of nitrogens with two attached hydrogens (primary N) is 1. The minimum atomic E-state index is 0.412. The van der Waals surface area contributed by atoms with Gasteiger partial charge in [0.15, 0.2) is 0 Å². The molecule has 0 aliphatic rings. The van der Waals surface area contributed by atoms with Gasteiger partial charge in [0.2, 0.25) is 0 Å². The highest BCUT2D eigenvalue weighted by atomic mass is 35.5. The predicted molar refractivity (Wildman–Crippen MR) is 69.1 cm³/mol. The fraction of sp³-hybridized carbons (Fsp3) is 0.154. The van der Waals surface area contributed by atoms with Crippen molar-refractivity contribution in [1.82, 2.24) is 4.98 Å². The molecule has 1 heterocycles. The summed E-state index contributed by atoms with van der Waals surface area (Å²) in [5.41, 5.74) is 8.41. The molecule has 0 saturated carbocycles. The second-order valence-corrected chi connectivity index (χ2v) is 4.00. The minimum Gasteiger partial charge on any atom is -0.494 e. The lowest BCUT2D eigenvalue weighted by atomic mass is 10.0. The summed E-state index contributed by atoms with van der Waals surface area (Å²) < 4.78 is 5.29. The third-order valence-electron chi connectivity index (χ3n) is 2.53. The lowest BCUT2D eigenvalue weighted by Crippen LogP contribution is -2.00. The van der Waals surface area contributed by atoms with Crippen molar-refractivity contribution >= 4 is 11.6 Å². The van der Waals surface area contributed by atoms with Crippen LogP contribution in [0, 0.1) is 0 Å². The Morgan fingerprint density at radius 1 is 1.35 bits per heavy atom. The fourth-order valence-electron chi connectivity index (χ4n) is 1.72. The number of hydrogen-bond donors (Lipinski definition) is 1. The van der Waals surface area contributed by atoms with Gasteiger partial charge in [0.1, 0.15) is 11.4 Å². The SMILES string of the molecule is COc1cccnc1-c1ccc(Cl)cc1CN. The van der Waals surface area contributed by atoms with Crippen molar-refractivity contribution in [3.8, 4) is 17.0 Å². The Morgan fingerprint density at radius 3 is 2.88 bits per heavy atom. The average Bonchev–Trinajstić information content (AvgIpc) is 2.38. The Kier molecular flexibility index (Phi) is 3.61. The van der Waals surface area contributed by atoms with E-state index >= 15 is 0 Å². The van der Waals surface area contributed by atoms with Crippen molar-refractivity contribution in [3.05, 3.63) is 47.1 Å². The number of benzene rings is 1. The van der Waals surface area contributed by atoms with Crippen molar-refractivity contribution < 1.29 is 4.74 Å². The molecule has 1 aromatic carbocycles. The molecular formula is C13H13ClN2O. The maximum atomic E-state index is 5.95. The van der Waals surface area contributed by atoms with Crippen LogP contribution in [0.2, 0.25) is 5.02 Å². The summed E-state index contributed by atoms with van der Waals surface area (Å²) in [5, 5.41) is 0.670. The summed E-state index contributed by atoms with van der Waals surface area (Å²) in [6.45, 7) is 0.412. The number of hydrogen-bond acceptors (Lipinski definition) is 3. The van der Waals surface area contributed by atoms with E-state index in [0.717, 1.165) is 22.6 Å². The Hall–Kier alpha value is -1.58. The molecule has 0 unspecified atom stereocenters. The number of ether oxygens (including phenoxy) is 1. The molecule has 0 spiro atoms. The van der Waals surface area contributed by atoms with Gasteiger partial charge in [-0.1, -0.05) is 17.7 Å². The molecule has 0 aliphatic heterocycles. The quantitative estimate of drug-likeness (QED) is 0.909. The largest absolute Gasteiger partial charge is 0.494 e. The van der Waals surface area contributed by atoms with E-state index in [9.17, 15) is 0 Å². The Balaban J connectivity index is 2.59. The standard InChI is InChI=1S/C13H13ClN2O/c1-17-12-3-2-6-16-13(12)11-5-4-10(14)7-9(11)8-15/h2-7H,8,15H2,1H3. The Labute approximate surface area is 105 Å². The molecule has 4 heteroatoms. The van der Waals surface area contributed by atoms with Crippen LogP contribution in [0.15, 0.2) is 36.5 Å². The third-order valence-corrected chi connectivity index (χ3v) is 2.77. The van der Waals surface area contributed by atoms with Crippen LogP contribution >= 0.6 is 11.6 Å². The summed E-state index contributed by atoms with van der Waals surface area (Å²) in [5.74, 6) is 0.726. The van der Waals surface area contributed by atoms with Gasteiger partial charge < -0.3 is 10.5 Å². The van der Waals surface area contributed by atoms with Gasteiger partial charge >= 0.3 is 0 Å². The predicted octanol–water partition coefficient (Wildman–Crippen LogP) is 2.87. The number of aromatic nitrogens is 1. The highest BCUT2D eigenvalue weighted by Gasteiger charge is 2.10. The molecule has 0 radical (unpaired) electrons. The summed E-state index contributed by atoms with van der Waals surface area (Å²) in [6.07, 6.45) is 1.73. The van der Waals surface area contributed by atoms with E-state index in [2.05, 4.69) is 4.98 Å². The van der Waals surface area contributed by atoms with Crippen molar-refractivity contribution in [2.75, 3.05) is 7.11 Å². The van der Waals surface area contributed by atoms with Crippen molar-refractivity contribution in [2.45, 2.75) is 6.54 Å². The summed E-state index contributed by atoms with van der Waals surface area (Å²) in [4.78, 5) is 4.33. The lowest BCUT2D eigenvalue weighted by molar-refractivity contribution is 0.415. The summed E-state index contributed by atoms with van der Waals surface area (Å²) in [7, 11) is 1.62. The van der Waals surface area contributed by atoms with Crippen LogP contribution in [0.4, 0.5) is 0 Å². The normalized spacial score (nSPS) is 10.3. The number of methoxy groups -OCH3 is 1. The van der Waals surface area contributed by atoms with Gasteiger partial charge in [0.25, 0.3) is 0 Å². The molecule has 2 aromatic rings. The van der Waals surface area contributed by atoms with E-state index in [-0.39, 0.29) is 0 Å². The first-order chi connectivity index (χ1) is 8.26. The van der Waals surface area contributed by atoms with E-state index in [0.29, 0.717) is 11.6 Å². The molecule has 0 bridgehead atoms. The average molecular weight is 249 g/mol. The molecule has 0 amide bonds. The molecule has 0 fully saturated rings. The molecule has 2 rings (SSSR count). The van der Waals surface area contributed by atoms with Crippen molar-refractivity contribution in [3.63, 3.8) is 0 Å². The molecule has 88 valence electrons. The highest BCUT2D eigenvalue weighted by molar-refractivity contribution is 6.30. The van der Waals surface area contributed by atoms with E-state index in [4.69, 9.17) is 22.1 Å². The molecule has 3 nitrogen and oxygen atoms in total. The third kappa shape index (κ3) is 2.40. The van der Waals surface area contributed by atoms with E-state index in [1.165, 1.54) is 0 Å². The molecule has 0 saturated heterocycles. The fourth-order valence-corrected chi connectivity index (χ4v) is 1.91. The first-order valence-electron chi connectivity index (χ1n) is 5.24. The van der Waals surface area contributed by atoms with Gasteiger partial charge in [0.05, 0.1) is 7.11 Å². The molecule has 0 aliphatic carbocycles. The van der Waals surface area contributed by atoms with Crippen molar-refractivity contribution in [1.29, 1.82) is 0 Å². The molecule has 1 aromatic heterocycles. The summed E-state index contributed by atoms with van der Waals surface area (Å²) >= 11 is 5.95. The van der Waals surface area contributed by atoms with Crippen LogP contribution in [0.5, 0.6) is 5.75 Å². The molecule has 0 atom stereocenters. The van der Waals surface area contributed by atoms with Crippen LogP contribution in [-0.4, -0.2) is 12.1 Å². The van der Waals surface area contributed by atoms with Gasteiger partial charge in [-0.3, -0.25) is 4.98 Å². The van der Waals surface area contributed by atoms with Gasteiger partial charge in [-0.15, -0.1) is 0 Å². The number of nitrogens with zero attached hydrogens (tertiary/aromatic N) is 1. The second kappa shape index (κ2) is 5.17. The zero-order chi connectivity index (χ0) is 12.3. The smallest absolute Gasteiger partial charge is 0.145 e. The monoisotopic (exact) mass is 248 g/mol. The maximum Gasteiger partial charge on any atom is 0.145 e. The first kappa shape index (κ1) is 11.9. The summed E-state index contributed by atoms with van der Waals surface area (Å²) in [6, 6.07) is 9.29.